The quantitative estimate of drug-likeness (QED) is 0.612. The molecule has 0 spiro atoms. The number of nitrogens with zero attached hydrogens (tertiary/aromatic N) is 4. The minimum absolute atomic E-state index is 0.698. The Hall–Kier alpha value is -1.91. The van der Waals surface area contributed by atoms with Gasteiger partial charge in [0.05, 0.1) is 12.5 Å². The molecule has 0 N–H and O–H groups in total. The molecular formula is C7H6N4O. The zero-order valence-electron chi connectivity index (χ0n) is 6.16. The topological polar surface area (TPSA) is 56.2 Å². The highest BCUT2D eigenvalue weighted by atomic mass is 16.3. The zero-order chi connectivity index (χ0) is 8.23. The van der Waals surface area contributed by atoms with Gasteiger partial charge in [0.1, 0.15) is 18.4 Å². The van der Waals surface area contributed by atoms with E-state index in [4.69, 9.17) is 4.42 Å². The molecule has 5 nitrogen and oxygen atoms in total. The monoisotopic (exact) mass is 162 g/mol. The molecule has 0 amide bonds. The Bertz CT molecular complexity index is 312. The minimum Gasteiger partial charge on any atom is -0.463 e. The summed E-state index contributed by atoms with van der Waals surface area (Å²) in [6, 6.07) is 3.61. The first-order valence-corrected chi connectivity index (χ1v) is 3.37. The van der Waals surface area contributed by atoms with E-state index in [1.807, 2.05) is 6.07 Å². The van der Waals surface area contributed by atoms with Crippen LogP contribution in [-0.4, -0.2) is 21.1 Å². The lowest BCUT2D eigenvalue weighted by Crippen LogP contribution is -1.84. The molecule has 2 rings (SSSR count). The van der Waals surface area contributed by atoms with Crippen molar-refractivity contribution in [3.05, 3.63) is 36.8 Å². The Labute approximate surface area is 68.3 Å². The maximum Gasteiger partial charge on any atom is 0.146 e. The van der Waals surface area contributed by atoms with E-state index in [1.54, 1.807) is 18.5 Å². The maximum absolute atomic E-state index is 5.03. The summed E-state index contributed by atoms with van der Waals surface area (Å²) < 4.78 is 6.52. The van der Waals surface area contributed by atoms with Crippen molar-refractivity contribution in [3.63, 3.8) is 0 Å². The van der Waals surface area contributed by atoms with Gasteiger partial charge in [0.2, 0.25) is 0 Å². The molecule has 0 aromatic carbocycles. The van der Waals surface area contributed by atoms with Crippen molar-refractivity contribution in [1.29, 1.82) is 0 Å². The van der Waals surface area contributed by atoms with Gasteiger partial charge < -0.3 is 4.42 Å². The molecule has 0 radical (unpaired) electrons. The van der Waals surface area contributed by atoms with E-state index in [-0.39, 0.29) is 0 Å². The average molecular weight is 162 g/mol. The number of hydrogen-bond donors (Lipinski definition) is 0. The molecule has 2 heterocycles. The van der Waals surface area contributed by atoms with E-state index in [1.165, 1.54) is 17.3 Å². The Morgan fingerprint density at radius 3 is 2.92 bits per heavy atom. The van der Waals surface area contributed by atoms with Crippen molar-refractivity contribution in [3.8, 4) is 0 Å². The third-order valence-corrected chi connectivity index (χ3v) is 1.27. The fourth-order valence-electron chi connectivity index (χ4n) is 0.743. The van der Waals surface area contributed by atoms with Crippen LogP contribution in [0.3, 0.4) is 0 Å². The second-order valence-electron chi connectivity index (χ2n) is 2.10. The fraction of sp³-hybridized carbons (Fsp3) is 0. The normalized spacial score (nSPS) is 11.0. The summed E-state index contributed by atoms with van der Waals surface area (Å²) in [7, 11) is 0. The standard InChI is InChI=1S/C7H6N4O/c1-2-7(12-3-1)4-10-11-5-8-9-6-11/h1-6H/b10-4-. The predicted molar refractivity (Wildman–Crippen MR) is 41.7 cm³/mol. The van der Waals surface area contributed by atoms with Crippen molar-refractivity contribution in [1.82, 2.24) is 14.9 Å². The Balaban J connectivity index is 2.14. The lowest BCUT2D eigenvalue weighted by Gasteiger charge is -1.85. The van der Waals surface area contributed by atoms with Gasteiger partial charge in [-0.15, -0.1) is 10.2 Å². The van der Waals surface area contributed by atoms with E-state index in [2.05, 4.69) is 15.3 Å². The van der Waals surface area contributed by atoms with Crippen LogP contribution in [0.1, 0.15) is 5.76 Å². The largest absolute Gasteiger partial charge is 0.463 e. The van der Waals surface area contributed by atoms with Crippen LogP contribution < -0.4 is 0 Å². The molecule has 2 aromatic rings. The maximum atomic E-state index is 5.03. The lowest BCUT2D eigenvalue weighted by atomic mass is 10.5. The highest BCUT2D eigenvalue weighted by molar-refractivity contribution is 5.75. The summed E-state index contributed by atoms with van der Waals surface area (Å²) in [6.07, 6.45) is 6.18. The molecule has 0 bridgehead atoms. The Kier molecular flexibility index (Phi) is 1.69. The van der Waals surface area contributed by atoms with Crippen molar-refractivity contribution in [2.24, 2.45) is 5.10 Å². The molecule has 0 aliphatic rings. The molecule has 12 heavy (non-hydrogen) atoms. The second kappa shape index (κ2) is 3.00. The van der Waals surface area contributed by atoms with Gasteiger partial charge in [-0.1, -0.05) is 0 Å². The second-order valence-corrected chi connectivity index (χ2v) is 2.10. The lowest BCUT2D eigenvalue weighted by molar-refractivity contribution is 0.559. The van der Waals surface area contributed by atoms with E-state index in [9.17, 15) is 0 Å². The van der Waals surface area contributed by atoms with Gasteiger partial charge >= 0.3 is 0 Å². The van der Waals surface area contributed by atoms with Gasteiger partial charge in [-0.2, -0.15) is 5.10 Å². The van der Waals surface area contributed by atoms with Gasteiger partial charge in [0.15, 0.2) is 0 Å². The van der Waals surface area contributed by atoms with Crippen LogP contribution in [0.5, 0.6) is 0 Å². The van der Waals surface area contributed by atoms with Crippen LogP contribution in [0.2, 0.25) is 0 Å². The number of hydrogen-bond acceptors (Lipinski definition) is 4. The van der Waals surface area contributed by atoms with Crippen LogP contribution in [0.25, 0.3) is 0 Å². The number of aromatic nitrogens is 3. The smallest absolute Gasteiger partial charge is 0.146 e. The molecule has 0 unspecified atom stereocenters. The third kappa shape index (κ3) is 1.39. The highest BCUT2D eigenvalue weighted by Gasteiger charge is 1.88. The van der Waals surface area contributed by atoms with E-state index >= 15 is 0 Å². The first kappa shape index (κ1) is 6.78. The number of furan rings is 1. The first-order valence-electron chi connectivity index (χ1n) is 3.37. The molecule has 60 valence electrons. The summed E-state index contributed by atoms with van der Waals surface area (Å²) in [5.74, 6) is 0.698. The van der Waals surface area contributed by atoms with Crippen LogP contribution in [-0.2, 0) is 0 Å². The van der Waals surface area contributed by atoms with Crippen molar-refractivity contribution in [2.75, 3.05) is 0 Å². The molecule has 0 aliphatic carbocycles. The molecule has 0 saturated heterocycles. The summed E-state index contributed by atoms with van der Waals surface area (Å²) >= 11 is 0. The molecule has 0 saturated carbocycles. The van der Waals surface area contributed by atoms with E-state index in [0.29, 0.717) is 5.76 Å². The molecular weight excluding hydrogens is 156 g/mol. The van der Waals surface area contributed by atoms with Gasteiger partial charge in [-0.05, 0) is 12.1 Å². The molecule has 0 atom stereocenters. The van der Waals surface area contributed by atoms with Crippen molar-refractivity contribution < 1.29 is 4.42 Å². The SMILES string of the molecule is C(=N/n1cnnc1)/c1ccco1. The predicted octanol–water partition coefficient (Wildman–Crippen LogP) is 0.753. The van der Waals surface area contributed by atoms with Gasteiger partial charge in [-0.25, -0.2) is 4.68 Å². The summed E-state index contributed by atoms with van der Waals surface area (Å²) in [4.78, 5) is 0. The van der Waals surface area contributed by atoms with E-state index in [0.717, 1.165) is 0 Å². The van der Waals surface area contributed by atoms with Crippen LogP contribution >= 0.6 is 0 Å². The average Bonchev–Trinajstić information content (AvgIpc) is 2.74. The van der Waals surface area contributed by atoms with Gasteiger partial charge in [0.25, 0.3) is 0 Å². The van der Waals surface area contributed by atoms with Gasteiger partial charge in [0, 0.05) is 0 Å². The van der Waals surface area contributed by atoms with Crippen molar-refractivity contribution in [2.45, 2.75) is 0 Å². The summed E-state index contributed by atoms with van der Waals surface area (Å²) in [5.41, 5.74) is 0. The summed E-state index contributed by atoms with van der Waals surface area (Å²) in [5, 5.41) is 11.2. The summed E-state index contributed by atoms with van der Waals surface area (Å²) in [6.45, 7) is 0. The highest BCUT2D eigenvalue weighted by Crippen LogP contribution is 1.95. The first-order chi connectivity index (χ1) is 5.95. The van der Waals surface area contributed by atoms with Gasteiger partial charge in [-0.3, -0.25) is 0 Å². The van der Waals surface area contributed by atoms with Crippen molar-refractivity contribution >= 4 is 6.21 Å². The van der Waals surface area contributed by atoms with Crippen LogP contribution in [0.15, 0.2) is 40.6 Å². The van der Waals surface area contributed by atoms with Crippen LogP contribution in [0.4, 0.5) is 0 Å². The van der Waals surface area contributed by atoms with E-state index < -0.39 is 0 Å². The zero-order valence-corrected chi connectivity index (χ0v) is 6.16. The fourth-order valence-corrected chi connectivity index (χ4v) is 0.743. The Morgan fingerprint density at radius 2 is 2.25 bits per heavy atom. The minimum atomic E-state index is 0.698. The Morgan fingerprint density at radius 1 is 1.42 bits per heavy atom. The third-order valence-electron chi connectivity index (χ3n) is 1.27. The van der Waals surface area contributed by atoms with Crippen LogP contribution in [0, 0.1) is 0 Å². The molecule has 2 aromatic heterocycles. The molecule has 5 heteroatoms. The number of rotatable bonds is 2. The molecule has 0 fully saturated rings. The molecule has 0 aliphatic heterocycles.